The van der Waals surface area contributed by atoms with Crippen molar-refractivity contribution in [3.05, 3.63) is 35.9 Å². The Bertz CT molecular complexity index is 242. The van der Waals surface area contributed by atoms with Gasteiger partial charge in [-0.1, -0.05) is 30.3 Å². The SMILES string of the molecule is [2H]C(c1ccccc1)C([2H])([2H])O. The second-order valence-electron chi connectivity index (χ2n) is 1.68. The first kappa shape index (κ1) is 3.37. The lowest BCUT2D eigenvalue weighted by atomic mass is 10.2. The molecule has 0 fully saturated rings. The van der Waals surface area contributed by atoms with Gasteiger partial charge < -0.3 is 5.11 Å². The molecule has 1 aromatic rings. The van der Waals surface area contributed by atoms with Crippen LogP contribution in [0.2, 0.25) is 0 Å². The smallest absolute Gasteiger partial charge is 0.0567 e. The van der Waals surface area contributed by atoms with Gasteiger partial charge in [0.2, 0.25) is 0 Å². The fourth-order valence-corrected chi connectivity index (χ4v) is 0.624. The van der Waals surface area contributed by atoms with Gasteiger partial charge in [-0.25, -0.2) is 0 Å². The summed E-state index contributed by atoms with van der Waals surface area (Å²) in [6.07, 6.45) is -1.24. The van der Waals surface area contributed by atoms with Gasteiger partial charge in [0.25, 0.3) is 0 Å². The summed E-state index contributed by atoms with van der Waals surface area (Å²) < 4.78 is 21.2. The average molecular weight is 125 g/mol. The minimum absolute atomic E-state index is 0.477. The van der Waals surface area contributed by atoms with E-state index < -0.39 is 13.0 Å². The summed E-state index contributed by atoms with van der Waals surface area (Å²) >= 11 is 0. The molecule has 0 saturated heterocycles. The first-order valence-electron chi connectivity index (χ1n) is 4.29. The highest BCUT2D eigenvalue weighted by Crippen LogP contribution is 1.97. The molecule has 0 bridgehead atoms. The molecule has 1 unspecified atom stereocenters. The zero-order chi connectivity index (χ0) is 9.19. The van der Waals surface area contributed by atoms with Crippen molar-refractivity contribution >= 4 is 0 Å². The first-order chi connectivity index (χ1) is 5.52. The van der Waals surface area contributed by atoms with E-state index in [0.29, 0.717) is 5.56 Å². The van der Waals surface area contributed by atoms with Crippen molar-refractivity contribution in [2.75, 3.05) is 6.56 Å². The summed E-state index contributed by atoms with van der Waals surface area (Å²) in [5.74, 6) is 0. The van der Waals surface area contributed by atoms with Crippen LogP contribution >= 0.6 is 0 Å². The molecule has 0 spiro atoms. The van der Waals surface area contributed by atoms with Crippen LogP contribution in [0.3, 0.4) is 0 Å². The Morgan fingerprint density at radius 3 is 2.56 bits per heavy atom. The molecule has 48 valence electrons. The molecule has 0 aliphatic carbocycles. The Hall–Kier alpha value is -0.820. The van der Waals surface area contributed by atoms with E-state index in [-0.39, 0.29) is 0 Å². The maximum absolute atomic E-state index is 8.89. The average Bonchev–Trinajstić information content (AvgIpc) is 2.03. The standard InChI is InChI=1S/C8H10O/c9-7-6-8-4-2-1-3-5-8/h1-5,9H,6-7H2/i6D,7D2. The van der Waals surface area contributed by atoms with Crippen molar-refractivity contribution < 1.29 is 9.22 Å². The zero-order valence-electron chi connectivity index (χ0n) is 7.91. The topological polar surface area (TPSA) is 20.2 Å². The minimum Gasteiger partial charge on any atom is -0.396 e. The Labute approximate surface area is 59.2 Å². The van der Waals surface area contributed by atoms with Gasteiger partial charge in [-0.05, 0) is 12.0 Å². The summed E-state index contributed by atoms with van der Waals surface area (Å²) in [4.78, 5) is 0. The molecule has 0 radical (unpaired) electrons. The van der Waals surface area contributed by atoms with E-state index in [9.17, 15) is 0 Å². The summed E-state index contributed by atoms with van der Waals surface area (Å²) in [6.45, 7) is -2.47. The molecular formula is C8H10O. The fourth-order valence-electron chi connectivity index (χ4n) is 0.624. The number of aliphatic hydroxyl groups is 1. The maximum Gasteiger partial charge on any atom is 0.0567 e. The molecule has 1 rings (SSSR count). The molecule has 1 aromatic carbocycles. The van der Waals surface area contributed by atoms with Gasteiger partial charge >= 0.3 is 0 Å². The largest absolute Gasteiger partial charge is 0.396 e. The molecule has 0 amide bonds. The molecule has 1 N–H and O–H groups in total. The summed E-state index contributed by atoms with van der Waals surface area (Å²) in [5.41, 5.74) is 0.477. The Kier molecular flexibility index (Phi) is 1.22. The van der Waals surface area contributed by atoms with E-state index in [4.69, 9.17) is 9.22 Å². The van der Waals surface area contributed by atoms with Crippen LogP contribution in [-0.2, 0) is 6.40 Å². The highest BCUT2D eigenvalue weighted by atomic mass is 16.2. The third-order valence-corrected chi connectivity index (χ3v) is 1.03. The maximum atomic E-state index is 8.89. The normalized spacial score (nSPS) is 19.4. The molecule has 0 saturated carbocycles. The molecular weight excluding hydrogens is 112 g/mol. The molecule has 0 aliphatic rings. The lowest BCUT2D eigenvalue weighted by molar-refractivity contribution is 0.299. The van der Waals surface area contributed by atoms with Gasteiger partial charge in [0.15, 0.2) is 0 Å². The number of hydrogen-bond donors (Lipinski definition) is 1. The van der Waals surface area contributed by atoms with Crippen LogP contribution < -0.4 is 0 Å². The molecule has 1 heteroatoms. The van der Waals surface area contributed by atoms with E-state index in [1.165, 1.54) is 0 Å². The van der Waals surface area contributed by atoms with Gasteiger partial charge in [-0.15, -0.1) is 0 Å². The number of aryl methyl sites for hydroxylation is 1. The van der Waals surface area contributed by atoms with Crippen LogP contribution in [0.5, 0.6) is 0 Å². The van der Waals surface area contributed by atoms with Crippen LogP contribution in [-0.4, -0.2) is 11.7 Å². The highest BCUT2D eigenvalue weighted by molar-refractivity contribution is 5.14. The monoisotopic (exact) mass is 125 g/mol. The van der Waals surface area contributed by atoms with Gasteiger partial charge in [0.05, 0.1) is 2.74 Å². The van der Waals surface area contributed by atoms with Crippen molar-refractivity contribution in [1.29, 1.82) is 0 Å². The van der Waals surface area contributed by atoms with E-state index in [1.807, 2.05) is 0 Å². The Morgan fingerprint density at radius 2 is 2.00 bits per heavy atom. The molecule has 9 heavy (non-hydrogen) atoms. The lowest BCUT2D eigenvalue weighted by Crippen LogP contribution is -1.88. The minimum atomic E-state index is -2.47. The predicted octanol–water partition coefficient (Wildman–Crippen LogP) is 1.22. The predicted molar refractivity (Wildman–Crippen MR) is 37.2 cm³/mol. The molecule has 0 aliphatic heterocycles. The Morgan fingerprint density at radius 1 is 1.33 bits per heavy atom. The van der Waals surface area contributed by atoms with E-state index in [2.05, 4.69) is 0 Å². The second kappa shape index (κ2) is 3.25. The Balaban J connectivity index is 2.86. The summed E-state index contributed by atoms with van der Waals surface area (Å²) in [5, 5.41) is 8.89. The van der Waals surface area contributed by atoms with Crippen LogP contribution in [0.1, 0.15) is 9.68 Å². The van der Waals surface area contributed by atoms with E-state index in [0.717, 1.165) is 0 Å². The van der Waals surface area contributed by atoms with Crippen LogP contribution in [0.25, 0.3) is 0 Å². The molecule has 1 nitrogen and oxygen atoms in total. The van der Waals surface area contributed by atoms with Crippen molar-refractivity contribution in [3.63, 3.8) is 0 Å². The summed E-state index contributed by atoms with van der Waals surface area (Å²) in [6, 6.07) is 8.44. The van der Waals surface area contributed by atoms with Gasteiger partial charge in [0, 0.05) is 7.93 Å². The van der Waals surface area contributed by atoms with Crippen molar-refractivity contribution in [3.8, 4) is 0 Å². The number of rotatable bonds is 2. The van der Waals surface area contributed by atoms with Crippen LogP contribution in [0.15, 0.2) is 30.3 Å². The third-order valence-electron chi connectivity index (χ3n) is 1.03. The van der Waals surface area contributed by atoms with Crippen LogP contribution in [0, 0.1) is 0 Å². The quantitative estimate of drug-likeness (QED) is 0.630. The van der Waals surface area contributed by atoms with Gasteiger partial charge in [-0.2, -0.15) is 0 Å². The van der Waals surface area contributed by atoms with Gasteiger partial charge in [-0.3, -0.25) is 0 Å². The third kappa shape index (κ3) is 1.86. The summed E-state index contributed by atoms with van der Waals surface area (Å²) in [7, 11) is 0. The first-order valence-corrected chi connectivity index (χ1v) is 2.71. The van der Waals surface area contributed by atoms with Crippen molar-refractivity contribution in [1.82, 2.24) is 0 Å². The van der Waals surface area contributed by atoms with Gasteiger partial charge in [0.1, 0.15) is 0 Å². The second-order valence-corrected chi connectivity index (χ2v) is 1.68. The highest BCUT2D eigenvalue weighted by Gasteiger charge is 1.85. The van der Waals surface area contributed by atoms with Crippen molar-refractivity contribution in [2.24, 2.45) is 0 Å². The van der Waals surface area contributed by atoms with E-state index in [1.54, 1.807) is 30.3 Å². The number of benzene rings is 1. The molecule has 0 aromatic heterocycles. The number of hydrogen-bond acceptors (Lipinski definition) is 1. The van der Waals surface area contributed by atoms with E-state index >= 15 is 0 Å². The fraction of sp³-hybridized carbons (Fsp3) is 0.250. The lowest BCUT2D eigenvalue weighted by Gasteiger charge is -1.93. The van der Waals surface area contributed by atoms with Crippen LogP contribution in [0.4, 0.5) is 0 Å². The zero-order valence-corrected chi connectivity index (χ0v) is 4.91. The molecule has 0 heterocycles. The molecule has 1 atom stereocenters. The van der Waals surface area contributed by atoms with Crippen molar-refractivity contribution in [2.45, 2.75) is 6.40 Å².